The van der Waals surface area contributed by atoms with E-state index in [4.69, 9.17) is 4.74 Å². The van der Waals surface area contributed by atoms with Crippen molar-refractivity contribution in [1.82, 2.24) is 4.90 Å². The maximum absolute atomic E-state index is 13.5. The van der Waals surface area contributed by atoms with E-state index in [0.29, 0.717) is 30.0 Å². The molecule has 0 aromatic heterocycles. The van der Waals surface area contributed by atoms with Crippen molar-refractivity contribution in [2.45, 2.75) is 45.1 Å². The average Bonchev–Trinajstić information content (AvgIpc) is 2.65. The van der Waals surface area contributed by atoms with E-state index in [1.54, 1.807) is 13.2 Å². The first-order valence-electron chi connectivity index (χ1n) is 9.56. The van der Waals surface area contributed by atoms with Crippen molar-refractivity contribution in [3.63, 3.8) is 0 Å². The van der Waals surface area contributed by atoms with Crippen LogP contribution < -0.4 is 4.74 Å². The van der Waals surface area contributed by atoms with Crippen molar-refractivity contribution in [1.29, 1.82) is 0 Å². The Kier molecular flexibility index (Phi) is 3.99. The number of likely N-dealkylation sites (tertiary alicyclic amines) is 1. The standard InChI is InChI=1S/C23H27NO3/c1-22(2)20-14-16-17(9-7-10-18(16)25)23(22,3)12-13-24(20)21(26)15-8-5-6-11-19(15)27-4/h5-11,20,25H,12-14H2,1-4H3/t20-,23-/m1/s1. The second kappa shape index (κ2) is 6.01. The summed E-state index contributed by atoms with van der Waals surface area (Å²) in [6, 6.07) is 13.3. The van der Waals surface area contributed by atoms with E-state index >= 15 is 0 Å². The lowest BCUT2D eigenvalue weighted by Gasteiger charge is -2.60. The van der Waals surface area contributed by atoms with Gasteiger partial charge >= 0.3 is 0 Å². The fourth-order valence-electron chi connectivity index (χ4n) is 5.15. The van der Waals surface area contributed by atoms with Crippen LogP contribution in [0.1, 0.15) is 48.7 Å². The number of aromatic hydroxyl groups is 1. The number of ether oxygens (including phenoxy) is 1. The molecule has 142 valence electrons. The summed E-state index contributed by atoms with van der Waals surface area (Å²) >= 11 is 0. The maximum atomic E-state index is 13.5. The smallest absolute Gasteiger partial charge is 0.257 e. The Balaban J connectivity index is 1.80. The number of hydrogen-bond donors (Lipinski definition) is 1. The Morgan fingerprint density at radius 1 is 1.15 bits per heavy atom. The third-order valence-electron chi connectivity index (χ3n) is 7.23. The van der Waals surface area contributed by atoms with E-state index < -0.39 is 0 Å². The van der Waals surface area contributed by atoms with Crippen molar-refractivity contribution in [3.05, 3.63) is 59.2 Å². The zero-order valence-electron chi connectivity index (χ0n) is 16.5. The van der Waals surface area contributed by atoms with Gasteiger partial charge in [0.2, 0.25) is 0 Å². The zero-order valence-corrected chi connectivity index (χ0v) is 16.5. The number of fused-ring (bicyclic) bond motifs is 4. The monoisotopic (exact) mass is 365 g/mol. The zero-order chi connectivity index (χ0) is 19.4. The van der Waals surface area contributed by atoms with Crippen LogP contribution in [-0.4, -0.2) is 35.6 Å². The third kappa shape index (κ3) is 2.39. The summed E-state index contributed by atoms with van der Waals surface area (Å²) in [5, 5.41) is 10.5. The Morgan fingerprint density at radius 3 is 2.63 bits per heavy atom. The highest BCUT2D eigenvalue weighted by molar-refractivity contribution is 5.97. The molecule has 1 aliphatic heterocycles. The van der Waals surface area contributed by atoms with Crippen LogP contribution in [0.4, 0.5) is 0 Å². The molecule has 2 aliphatic rings. The molecular weight excluding hydrogens is 338 g/mol. The summed E-state index contributed by atoms with van der Waals surface area (Å²) in [5.41, 5.74) is 2.63. The van der Waals surface area contributed by atoms with Gasteiger partial charge in [-0.1, -0.05) is 45.0 Å². The number of amides is 1. The molecule has 2 aromatic rings. The molecule has 1 fully saturated rings. The van der Waals surface area contributed by atoms with Gasteiger partial charge in [0.1, 0.15) is 11.5 Å². The number of piperidine rings is 1. The predicted octanol–water partition coefficient (Wildman–Crippen LogP) is 4.16. The van der Waals surface area contributed by atoms with Crippen LogP contribution in [0.15, 0.2) is 42.5 Å². The highest BCUT2D eigenvalue weighted by atomic mass is 16.5. The van der Waals surface area contributed by atoms with Crippen molar-refractivity contribution >= 4 is 5.91 Å². The van der Waals surface area contributed by atoms with Crippen LogP contribution >= 0.6 is 0 Å². The Hall–Kier alpha value is -2.49. The minimum Gasteiger partial charge on any atom is -0.508 e. The summed E-state index contributed by atoms with van der Waals surface area (Å²) in [5.74, 6) is 0.949. The quantitative estimate of drug-likeness (QED) is 0.869. The minimum absolute atomic E-state index is 0.00597. The molecule has 2 atom stereocenters. The van der Waals surface area contributed by atoms with E-state index in [2.05, 4.69) is 26.8 Å². The molecule has 0 spiro atoms. The maximum Gasteiger partial charge on any atom is 0.257 e. The number of phenols is 1. The van der Waals surface area contributed by atoms with Gasteiger partial charge < -0.3 is 14.7 Å². The summed E-state index contributed by atoms with van der Waals surface area (Å²) in [6.07, 6.45) is 1.54. The molecule has 1 amide bonds. The Morgan fingerprint density at radius 2 is 1.89 bits per heavy atom. The number of carbonyl (C=O) groups is 1. The molecule has 0 unspecified atom stereocenters. The van der Waals surface area contributed by atoms with Crippen LogP contribution in [0.5, 0.6) is 11.5 Å². The normalized spacial score (nSPS) is 25.6. The largest absolute Gasteiger partial charge is 0.508 e. The van der Waals surface area contributed by atoms with E-state index in [0.717, 1.165) is 12.0 Å². The molecule has 4 rings (SSSR count). The second-order valence-electron chi connectivity index (χ2n) is 8.53. The fraction of sp³-hybridized carbons (Fsp3) is 0.435. The molecule has 4 nitrogen and oxygen atoms in total. The van der Waals surface area contributed by atoms with Gasteiger partial charge in [-0.25, -0.2) is 0 Å². The van der Waals surface area contributed by atoms with Crippen molar-refractivity contribution in [2.75, 3.05) is 13.7 Å². The van der Waals surface area contributed by atoms with Crippen LogP contribution in [0.25, 0.3) is 0 Å². The molecule has 2 aromatic carbocycles. The van der Waals surface area contributed by atoms with Gasteiger partial charge in [0.25, 0.3) is 5.91 Å². The molecule has 0 radical (unpaired) electrons. The molecule has 0 saturated carbocycles. The van der Waals surface area contributed by atoms with Crippen molar-refractivity contribution in [2.24, 2.45) is 5.41 Å². The predicted molar refractivity (Wildman–Crippen MR) is 105 cm³/mol. The average molecular weight is 365 g/mol. The number of phenolic OH excluding ortho intramolecular Hbond substituents is 1. The van der Waals surface area contributed by atoms with E-state index in [1.165, 1.54) is 5.56 Å². The van der Waals surface area contributed by atoms with Gasteiger partial charge in [-0.3, -0.25) is 4.79 Å². The highest BCUT2D eigenvalue weighted by Crippen LogP contribution is 2.57. The molecule has 27 heavy (non-hydrogen) atoms. The topological polar surface area (TPSA) is 49.8 Å². The van der Waals surface area contributed by atoms with E-state index in [9.17, 15) is 9.90 Å². The Labute approximate surface area is 160 Å². The summed E-state index contributed by atoms with van der Waals surface area (Å²) in [4.78, 5) is 15.4. The summed E-state index contributed by atoms with van der Waals surface area (Å²) in [7, 11) is 1.60. The molecule has 1 heterocycles. The lowest BCUT2D eigenvalue weighted by atomic mass is 9.51. The van der Waals surface area contributed by atoms with Gasteiger partial charge in [0.15, 0.2) is 0 Å². The molecule has 2 bridgehead atoms. The van der Waals surface area contributed by atoms with Gasteiger partial charge in [-0.05, 0) is 47.6 Å². The molecular formula is C23H27NO3. The molecule has 1 saturated heterocycles. The SMILES string of the molecule is COc1ccccc1C(=O)N1CC[C@]2(C)c3cccc(O)c3C[C@@H]1C2(C)C. The fourth-order valence-corrected chi connectivity index (χ4v) is 5.15. The van der Waals surface area contributed by atoms with Gasteiger partial charge in [-0.2, -0.15) is 0 Å². The highest BCUT2D eigenvalue weighted by Gasteiger charge is 2.57. The summed E-state index contributed by atoms with van der Waals surface area (Å²) in [6.45, 7) is 7.50. The third-order valence-corrected chi connectivity index (χ3v) is 7.23. The number of benzene rings is 2. The van der Waals surface area contributed by atoms with Crippen molar-refractivity contribution in [3.8, 4) is 11.5 Å². The van der Waals surface area contributed by atoms with E-state index in [-0.39, 0.29) is 22.8 Å². The first kappa shape index (κ1) is 17.9. The molecule has 1 aliphatic carbocycles. The Bertz CT molecular complexity index is 904. The summed E-state index contributed by atoms with van der Waals surface area (Å²) < 4.78 is 5.42. The number of carbonyl (C=O) groups excluding carboxylic acids is 1. The first-order valence-corrected chi connectivity index (χ1v) is 9.56. The lowest BCUT2D eigenvalue weighted by Crippen LogP contribution is -2.64. The van der Waals surface area contributed by atoms with Crippen LogP contribution in [0, 0.1) is 5.41 Å². The number of methoxy groups -OCH3 is 1. The van der Waals surface area contributed by atoms with Gasteiger partial charge in [0, 0.05) is 18.0 Å². The number of hydrogen-bond acceptors (Lipinski definition) is 3. The minimum atomic E-state index is -0.107. The van der Waals surface area contributed by atoms with Gasteiger partial charge in [-0.15, -0.1) is 0 Å². The lowest BCUT2D eigenvalue weighted by molar-refractivity contribution is -0.0267. The first-order chi connectivity index (χ1) is 12.8. The van der Waals surface area contributed by atoms with Crippen LogP contribution in [0.2, 0.25) is 0 Å². The second-order valence-corrected chi connectivity index (χ2v) is 8.53. The van der Waals surface area contributed by atoms with Crippen molar-refractivity contribution < 1.29 is 14.6 Å². The van der Waals surface area contributed by atoms with Crippen LogP contribution in [0.3, 0.4) is 0 Å². The van der Waals surface area contributed by atoms with E-state index in [1.807, 2.05) is 35.2 Å². The number of rotatable bonds is 2. The number of para-hydroxylation sites is 1. The molecule has 1 N–H and O–H groups in total. The molecule has 4 heteroatoms. The van der Waals surface area contributed by atoms with Crippen LogP contribution in [-0.2, 0) is 11.8 Å². The van der Waals surface area contributed by atoms with Gasteiger partial charge in [0.05, 0.1) is 12.7 Å². The number of nitrogens with zero attached hydrogens (tertiary/aromatic N) is 1.